The van der Waals surface area contributed by atoms with E-state index in [0.29, 0.717) is 29.9 Å². The van der Waals surface area contributed by atoms with Crippen molar-refractivity contribution in [3.05, 3.63) is 143 Å². The molecule has 0 aliphatic carbocycles. The number of aromatic amines is 1. The van der Waals surface area contributed by atoms with Crippen molar-refractivity contribution in [2.45, 2.75) is 50.9 Å². The van der Waals surface area contributed by atoms with Crippen LogP contribution in [0.1, 0.15) is 41.2 Å². The Bertz CT molecular complexity index is 2090. The number of amides is 3. The van der Waals surface area contributed by atoms with Crippen molar-refractivity contribution in [2.24, 2.45) is 5.92 Å². The minimum absolute atomic E-state index is 0.0534. The number of anilines is 2. The van der Waals surface area contributed by atoms with Gasteiger partial charge in [-0.3, -0.25) is 14.4 Å². The molecule has 5 aromatic rings. The number of nitrogens with one attached hydrogen (secondary N) is 2. The van der Waals surface area contributed by atoms with E-state index in [1.807, 2.05) is 85.1 Å². The highest BCUT2D eigenvalue weighted by molar-refractivity contribution is 6.08. The van der Waals surface area contributed by atoms with Gasteiger partial charge in [-0.15, -0.1) is 0 Å². The molecule has 9 nitrogen and oxygen atoms in total. The van der Waals surface area contributed by atoms with Gasteiger partial charge in [0.25, 0.3) is 5.91 Å². The molecule has 4 aromatic carbocycles. The van der Waals surface area contributed by atoms with Crippen LogP contribution in [0.25, 0.3) is 10.9 Å². The summed E-state index contributed by atoms with van der Waals surface area (Å²) in [5.74, 6) is -1.56. The molecule has 3 amide bonds. The van der Waals surface area contributed by atoms with Crippen LogP contribution in [0.5, 0.6) is 0 Å². The van der Waals surface area contributed by atoms with Crippen LogP contribution < -0.4 is 10.2 Å². The Kier molecular flexibility index (Phi) is 9.10. The molecule has 2 aliphatic heterocycles. The predicted molar refractivity (Wildman–Crippen MR) is 193 cm³/mol. The molecule has 2 aliphatic rings. The maximum atomic E-state index is 14.2. The maximum Gasteiger partial charge on any atom is 0.264 e. The molecule has 3 atom stereocenters. The van der Waals surface area contributed by atoms with E-state index >= 15 is 0 Å². The van der Waals surface area contributed by atoms with E-state index in [-0.39, 0.29) is 43.8 Å². The van der Waals surface area contributed by atoms with Gasteiger partial charge in [-0.05, 0) is 52.9 Å². The SMILES string of the molecule is C[C@@H](/C=C/CC(=O)N1Cc2ccccc2C[C@H]1CO)[C@]1(O)C(=O)N(Cc2ccccc2)c2ccc(NC(=O)Cc3c[nH]c4ccccc34)cc21. The second kappa shape index (κ2) is 13.8. The number of rotatable bonds is 10. The van der Waals surface area contributed by atoms with Crippen LogP contribution in [-0.2, 0) is 45.9 Å². The zero-order valence-electron chi connectivity index (χ0n) is 27.9. The molecule has 0 saturated carbocycles. The fourth-order valence-electron chi connectivity index (χ4n) is 7.28. The van der Waals surface area contributed by atoms with Crippen molar-refractivity contribution in [1.29, 1.82) is 0 Å². The summed E-state index contributed by atoms with van der Waals surface area (Å²) >= 11 is 0. The third-order valence-corrected chi connectivity index (χ3v) is 10.0. The first-order valence-corrected chi connectivity index (χ1v) is 17.0. The van der Waals surface area contributed by atoms with Crippen LogP contribution >= 0.6 is 0 Å². The van der Waals surface area contributed by atoms with Gasteiger partial charge in [-0.1, -0.05) is 91.9 Å². The zero-order chi connectivity index (χ0) is 34.8. The number of aromatic nitrogens is 1. The molecule has 7 rings (SSSR count). The van der Waals surface area contributed by atoms with Crippen molar-refractivity contribution < 1.29 is 24.6 Å². The summed E-state index contributed by atoms with van der Waals surface area (Å²) in [5, 5.41) is 26.3. The first-order chi connectivity index (χ1) is 24.3. The van der Waals surface area contributed by atoms with Crippen LogP contribution in [0.4, 0.5) is 11.4 Å². The molecule has 0 spiro atoms. The highest BCUT2D eigenvalue weighted by Gasteiger charge is 2.52. The van der Waals surface area contributed by atoms with Gasteiger partial charge in [0.2, 0.25) is 11.8 Å². The van der Waals surface area contributed by atoms with Gasteiger partial charge in [-0.25, -0.2) is 0 Å². The summed E-state index contributed by atoms with van der Waals surface area (Å²) < 4.78 is 0. The van der Waals surface area contributed by atoms with Gasteiger partial charge in [0.1, 0.15) is 0 Å². The number of hydrogen-bond donors (Lipinski definition) is 4. The lowest BCUT2D eigenvalue weighted by atomic mass is 9.82. The number of aliphatic hydroxyl groups excluding tert-OH is 1. The summed E-state index contributed by atoms with van der Waals surface area (Å²) in [6.07, 6.45) is 6.02. The van der Waals surface area contributed by atoms with Crippen LogP contribution in [-0.4, -0.2) is 50.5 Å². The Morgan fingerprint density at radius 2 is 1.74 bits per heavy atom. The molecular weight excluding hydrogens is 628 g/mol. The Hall–Kier alpha value is -5.51. The molecule has 1 aromatic heterocycles. The molecular formula is C41H40N4O5. The van der Waals surface area contributed by atoms with E-state index in [1.54, 1.807) is 47.1 Å². The number of aliphatic hydroxyl groups is 2. The molecule has 50 heavy (non-hydrogen) atoms. The highest BCUT2D eigenvalue weighted by atomic mass is 16.3. The average Bonchev–Trinajstić information content (AvgIpc) is 3.63. The molecule has 3 heterocycles. The normalized spacial score (nSPS) is 19.1. The fraction of sp³-hybridized carbons (Fsp3) is 0.244. The Morgan fingerprint density at radius 3 is 2.54 bits per heavy atom. The number of H-pyrrole nitrogens is 1. The first-order valence-electron chi connectivity index (χ1n) is 17.0. The summed E-state index contributed by atoms with van der Waals surface area (Å²) in [6, 6.07) is 30.2. The average molecular weight is 669 g/mol. The predicted octanol–water partition coefficient (Wildman–Crippen LogP) is 5.61. The molecule has 4 N–H and O–H groups in total. The quantitative estimate of drug-likeness (QED) is 0.144. The molecule has 9 heteroatoms. The molecule has 0 unspecified atom stereocenters. The van der Waals surface area contributed by atoms with Gasteiger partial charge in [-0.2, -0.15) is 0 Å². The van der Waals surface area contributed by atoms with Gasteiger partial charge in [0, 0.05) is 47.2 Å². The Morgan fingerprint density at radius 1 is 1.00 bits per heavy atom. The minimum Gasteiger partial charge on any atom is -0.394 e. The fourth-order valence-corrected chi connectivity index (χ4v) is 7.28. The van der Waals surface area contributed by atoms with Gasteiger partial charge >= 0.3 is 0 Å². The largest absolute Gasteiger partial charge is 0.394 e. The molecule has 0 saturated heterocycles. The van der Waals surface area contributed by atoms with Crippen molar-refractivity contribution in [1.82, 2.24) is 9.88 Å². The van der Waals surface area contributed by atoms with Crippen molar-refractivity contribution in [3.63, 3.8) is 0 Å². The number of benzene rings is 4. The molecule has 0 bridgehead atoms. The third-order valence-electron chi connectivity index (χ3n) is 10.0. The smallest absolute Gasteiger partial charge is 0.264 e. The van der Waals surface area contributed by atoms with Crippen LogP contribution in [0, 0.1) is 5.92 Å². The van der Waals surface area contributed by atoms with E-state index in [4.69, 9.17) is 0 Å². The number of hydrogen-bond acceptors (Lipinski definition) is 5. The third kappa shape index (κ3) is 6.21. The van der Waals surface area contributed by atoms with Gasteiger partial charge in [0.15, 0.2) is 5.60 Å². The van der Waals surface area contributed by atoms with E-state index in [9.17, 15) is 24.6 Å². The van der Waals surface area contributed by atoms with Crippen LogP contribution in [0.15, 0.2) is 115 Å². The highest BCUT2D eigenvalue weighted by Crippen LogP contribution is 2.47. The standard InChI is InChI=1S/C41H40N4O5/c1-27(10-9-17-39(48)44-25-30-14-6-5-13-29(30)20-33(44)26-46)41(50)35-22-32(43-38(47)21-31-23-42-36-16-8-7-15-34(31)36)18-19-37(35)45(40(41)49)24-28-11-3-2-4-12-28/h2-16,18-19,22-23,27,33,42,46,50H,17,20-21,24-26H2,1H3,(H,43,47)/b10-9+/t27-,33-,41+/m0/s1. The summed E-state index contributed by atoms with van der Waals surface area (Å²) in [7, 11) is 0. The molecule has 0 radical (unpaired) electrons. The van der Waals surface area contributed by atoms with Crippen LogP contribution in [0.2, 0.25) is 0 Å². The van der Waals surface area contributed by atoms with Crippen molar-refractivity contribution in [3.8, 4) is 0 Å². The van der Waals surface area contributed by atoms with Crippen molar-refractivity contribution >= 4 is 40.0 Å². The van der Waals surface area contributed by atoms with E-state index in [2.05, 4.69) is 10.3 Å². The summed E-state index contributed by atoms with van der Waals surface area (Å²) in [4.78, 5) is 47.3. The lowest BCUT2D eigenvalue weighted by Gasteiger charge is -2.36. The van der Waals surface area contributed by atoms with E-state index in [0.717, 1.165) is 33.2 Å². The number of nitrogens with zero attached hydrogens (tertiary/aromatic N) is 2. The zero-order valence-corrected chi connectivity index (χ0v) is 27.9. The maximum absolute atomic E-state index is 14.2. The first kappa shape index (κ1) is 33.0. The topological polar surface area (TPSA) is 126 Å². The number of para-hydroxylation sites is 1. The number of carbonyl (C=O) groups is 3. The van der Waals surface area contributed by atoms with Crippen molar-refractivity contribution in [2.75, 3.05) is 16.8 Å². The van der Waals surface area contributed by atoms with E-state index in [1.165, 1.54) is 0 Å². The van der Waals surface area contributed by atoms with Gasteiger partial charge in [0.05, 0.1) is 31.3 Å². The molecule has 0 fully saturated rings. The van der Waals surface area contributed by atoms with Crippen LogP contribution in [0.3, 0.4) is 0 Å². The second-order valence-electron chi connectivity index (χ2n) is 13.2. The summed E-state index contributed by atoms with van der Waals surface area (Å²) in [6.45, 7) is 2.30. The Balaban J connectivity index is 1.12. The Labute approximate surface area is 290 Å². The monoisotopic (exact) mass is 668 g/mol. The number of carbonyl (C=O) groups excluding carboxylic acids is 3. The minimum atomic E-state index is -1.95. The lowest BCUT2D eigenvalue weighted by Crippen LogP contribution is -2.46. The van der Waals surface area contributed by atoms with Gasteiger partial charge < -0.3 is 30.3 Å². The van der Waals surface area contributed by atoms with E-state index < -0.39 is 17.4 Å². The summed E-state index contributed by atoms with van der Waals surface area (Å²) in [5.41, 5.74) is 4.39. The second-order valence-corrected chi connectivity index (χ2v) is 13.2. The molecule has 254 valence electrons. The number of fused-ring (bicyclic) bond motifs is 3. The lowest BCUT2D eigenvalue weighted by molar-refractivity contribution is -0.139.